The van der Waals surface area contributed by atoms with Gasteiger partial charge in [0.25, 0.3) is 0 Å². The molecule has 1 heterocycles. The number of unbranched alkanes of at least 4 members (excludes halogenated alkanes) is 2. The van der Waals surface area contributed by atoms with Crippen molar-refractivity contribution in [3.05, 3.63) is 53.7 Å². The van der Waals surface area contributed by atoms with E-state index in [2.05, 4.69) is 28.3 Å². The minimum atomic E-state index is -0.375. The van der Waals surface area contributed by atoms with Crippen LogP contribution in [0, 0.1) is 11.7 Å². The normalized spacial score (nSPS) is 14.3. The molecule has 1 aromatic heterocycles. The van der Waals surface area contributed by atoms with Gasteiger partial charge in [0.1, 0.15) is 11.6 Å². The molecule has 1 N–H and O–H groups in total. The van der Waals surface area contributed by atoms with Crippen LogP contribution in [0.2, 0.25) is 0 Å². The molecule has 0 unspecified atom stereocenters. The average Bonchev–Trinajstić information content (AvgIpc) is 3.48. The average molecular weight is 367 g/mol. The van der Waals surface area contributed by atoms with E-state index in [1.807, 2.05) is 0 Å². The van der Waals surface area contributed by atoms with E-state index in [1.54, 1.807) is 24.5 Å². The fourth-order valence-corrected chi connectivity index (χ4v) is 2.98. The standard InChI is InChI=1S/C22H26FN3O/c1-3-4-5-6-21(16-7-8-16)26-22-24-13-19(14-25-22)17-9-10-18(11-15(2)27)20(23)12-17/h6,9-10,12-14,16H,3-5,7-8,11H2,1-2H3,(H,24,25,26)/b21-6+. The van der Waals surface area contributed by atoms with E-state index in [0.717, 1.165) is 12.0 Å². The van der Waals surface area contributed by atoms with E-state index in [0.29, 0.717) is 23.0 Å². The third-order valence-electron chi connectivity index (χ3n) is 4.67. The highest BCUT2D eigenvalue weighted by Gasteiger charge is 2.26. The number of Topliss-reactive ketones (excluding diaryl/α,β-unsaturated/α-hetero) is 1. The Morgan fingerprint density at radius 1 is 1.26 bits per heavy atom. The van der Waals surface area contributed by atoms with Crippen LogP contribution in [0.15, 0.2) is 42.4 Å². The van der Waals surface area contributed by atoms with Crippen molar-refractivity contribution in [3.63, 3.8) is 0 Å². The van der Waals surface area contributed by atoms with Crippen molar-refractivity contribution < 1.29 is 9.18 Å². The maximum Gasteiger partial charge on any atom is 0.226 e. The van der Waals surface area contributed by atoms with Gasteiger partial charge in [0.05, 0.1) is 0 Å². The van der Waals surface area contributed by atoms with Crippen LogP contribution in [0.5, 0.6) is 0 Å². The molecule has 1 saturated carbocycles. The first kappa shape index (κ1) is 19.2. The molecule has 0 amide bonds. The van der Waals surface area contributed by atoms with Gasteiger partial charge in [-0.05, 0) is 49.3 Å². The van der Waals surface area contributed by atoms with E-state index in [4.69, 9.17) is 0 Å². The first-order valence-corrected chi connectivity index (χ1v) is 9.64. The minimum absolute atomic E-state index is 0.0566. The number of benzene rings is 1. The Morgan fingerprint density at radius 3 is 2.59 bits per heavy atom. The number of anilines is 1. The number of carbonyl (C=O) groups is 1. The summed E-state index contributed by atoms with van der Waals surface area (Å²) in [4.78, 5) is 20.0. The van der Waals surface area contributed by atoms with Gasteiger partial charge in [0.2, 0.25) is 5.95 Å². The smallest absolute Gasteiger partial charge is 0.226 e. The predicted molar refractivity (Wildman–Crippen MR) is 106 cm³/mol. The molecule has 3 rings (SSSR count). The molecule has 27 heavy (non-hydrogen) atoms. The first-order valence-electron chi connectivity index (χ1n) is 9.64. The van der Waals surface area contributed by atoms with Crippen molar-refractivity contribution in [3.8, 4) is 11.1 Å². The number of hydrogen-bond donors (Lipinski definition) is 1. The summed E-state index contributed by atoms with van der Waals surface area (Å²) in [6.45, 7) is 3.65. The lowest BCUT2D eigenvalue weighted by Crippen LogP contribution is -2.05. The van der Waals surface area contributed by atoms with E-state index in [9.17, 15) is 9.18 Å². The van der Waals surface area contributed by atoms with Gasteiger partial charge in [-0.3, -0.25) is 4.79 Å². The molecule has 1 aromatic carbocycles. The zero-order valence-electron chi connectivity index (χ0n) is 16.0. The number of rotatable bonds is 9. The van der Waals surface area contributed by atoms with Crippen LogP contribution in [0.25, 0.3) is 11.1 Å². The summed E-state index contributed by atoms with van der Waals surface area (Å²) in [5.41, 5.74) is 3.08. The molecule has 4 nitrogen and oxygen atoms in total. The van der Waals surface area contributed by atoms with E-state index in [1.165, 1.54) is 44.4 Å². The largest absolute Gasteiger partial charge is 0.328 e. The molecule has 0 atom stereocenters. The van der Waals surface area contributed by atoms with Crippen LogP contribution in [-0.2, 0) is 11.2 Å². The SMILES string of the molecule is CCCC/C=C(/Nc1ncc(-c2ccc(CC(C)=O)c(F)c2)cn1)C1CC1. The maximum absolute atomic E-state index is 14.2. The molecular weight excluding hydrogens is 341 g/mol. The Bertz CT molecular complexity index is 826. The molecule has 5 heteroatoms. The molecule has 0 radical (unpaired) electrons. The summed E-state index contributed by atoms with van der Waals surface area (Å²) in [6.07, 6.45) is 11.6. The van der Waals surface area contributed by atoms with Crippen molar-refractivity contribution in [1.29, 1.82) is 0 Å². The summed E-state index contributed by atoms with van der Waals surface area (Å²) < 4.78 is 14.2. The third kappa shape index (κ3) is 5.46. The lowest BCUT2D eigenvalue weighted by Gasteiger charge is -2.10. The summed E-state index contributed by atoms with van der Waals surface area (Å²) in [7, 11) is 0. The summed E-state index contributed by atoms with van der Waals surface area (Å²) >= 11 is 0. The highest BCUT2D eigenvalue weighted by atomic mass is 19.1. The fourth-order valence-electron chi connectivity index (χ4n) is 2.98. The van der Waals surface area contributed by atoms with Crippen molar-refractivity contribution in [2.45, 2.75) is 52.4 Å². The lowest BCUT2D eigenvalue weighted by atomic mass is 10.0. The number of aromatic nitrogens is 2. The number of nitrogens with zero attached hydrogens (tertiary/aromatic N) is 2. The number of ketones is 1. The maximum atomic E-state index is 14.2. The Kier molecular flexibility index (Phi) is 6.32. The van der Waals surface area contributed by atoms with Gasteiger partial charge in [-0.25, -0.2) is 14.4 Å². The Hall–Kier alpha value is -2.56. The van der Waals surface area contributed by atoms with Gasteiger partial charge in [0.15, 0.2) is 0 Å². The quantitative estimate of drug-likeness (QED) is 0.610. The predicted octanol–water partition coefficient (Wildman–Crippen LogP) is 5.31. The second kappa shape index (κ2) is 8.89. The zero-order chi connectivity index (χ0) is 19.2. The molecule has 2 aromatic rings. The van der Waals surface area contributed by atoms with Crippen molar-refractivity contribution in [2.75, 3.05) is 5.32 Å². The zero-order valence-corrected chi connectivity index (χ0v) is 16.0. The van der Waals surface area contributed by atoms with Gasteiger partial charge in [-0.15, -0.1) is 0 Å². The third-order valence-corrected chi connectivity index (χ3v) is 4.67. The van der Waals surface area contributed by atoms with E-state index < -0.39 is 0 Å². The molecule has 1 aliphatic carbocycles. The summed E-state index contributed by atoms with van der Waals surface area (Å²) in [6, 6.07) is 4.89. The second-order valence-corrected chi connectivity index (χ2v) is 7.18. The Balaban J connectivity index is 1.70. The number of carbonyl (C=O) groups excluding carboxylic acids is 1. The minimum Gasteiger partial charge on any atom is -0.328 e. The highest BCUT2D eigenvalue weighted by Crippen LogP contribution is 2.36. The monoisotopic (exact) mass is 367 g/mol. The van der Waals surface area contributed by atoms with Crippen LogP contribution in [0.3, 0.4) is 0 Å². The van der Waals surface area contributed by atoms with Gasteiger partial charge < -0.3 is 5.32 Å². The van der Waals surface area contributed by atoms with Crippen molar-refractivity contribution in [1.82, 2.24) is 9.97 Å². The van der Waals surface area contributed by atoms with Crippen LogP contribution in [0.4, 0.5) is 10.3 Å². The molecule has 0 aliphatic heterocycles. The van der Waals surface area contributed by atoms with Crippen LogP contribution in [0.1, 0.15) is 51.5 Å². The molecule has 142 valence electrons. The second-order valence-electron chi connectivity index (χ2n) is 7.18. The fraction of sp³-hybridized carbons (Fsp3) is 0.409. The summed E-state index contributed by atoms with van der Waals surface area (Å²) in [5.74, 6) is 0.744. The molecular formula is C22H26FN3O. The topological polar surface area (TPSA) is 54.9 Å². The van der Waals surface area contributed by atoms with E-state index >= 15 is 0 Å². The van der Waals surface area contributed by atoms with Gasteiger partial charge >= 0.3 is 0 Å². The lowest BCUT2D eigenvalue weighted by molar-refractivity contribution is -0.116. The van der Waals surface area contributed by atoms with Crippen LogP contribution in [-0.4, -0.2) is 15.8 Å². The Morgan fingerprint density at radius 2 is 2.00 bits per heavy atom. The Labute approximate surface area is 159 Å². The molecule has 0 saturated heterocycles. The van der Waals surface area contributed by atoms with E-state index in [-0.39, 0.29) is 18.0 Å². The number of halogens is 1. The number of allylic oxidation sites excluding steroid dienone is 2. The van der Waals surface area contributed by atoms with Crippen LogP contribution < -0.4 is 5.32 Å². The molecule has 0 spiro atoms. The molecule has 1 aliphatic rings. The molecule has 1 fully saturated rings. The van der Waals surface area contributed by atoms with Crippen molar-refractivity contribution >= 4 is 11.7 Å². The number of hydrogen-bond acceptors (Lipinski definition) is 4. The number of nitrogens with one attached hydrogen (secondary N) is 1. The highest BCUT2D eigenvalue weighted by molar-refractivity contribution is 5.78. The van der Waals surface area contributed by atoms with Crippen LogP contribution >= 0.6 is 0 Å². The molecule has 0 bridgehead atoms. The van der Waals surface area contributed by atoms with Crippen molar-refractivity contribution in [2.24, 2.45) is 5.92 Å². The van der Waals surface area contributed by atoms with Gasteiger partial charge in [0, 0.05) is 30.1 Å². The first-order chi connectivity index (χ1) is 13.1. The summed E-state index contributed by atoms with van der Waals surface area (Å²) in [5, 5.41) is 3.35. The van der Waals surface area contributed by atoms with Gasteiger partial charge in [-0.2, -0.15) is 0 Å². The van der Waals surface area contributed by atoms with Gasteiger partial charge in [-0.1, -0.05) is 38.0 Å².